The molecule has 210 valence electrons. The number of hydrogen-bond donors (Lipinski definition) is 13. The lowest BCUT2D eigenvalue weighted by Gasteiger charge is -2.51. The van der Waals surface area contributed by atoms with Gasteiger partial charge in [-0.05, 0) is 6.42 Å². The lowest BCUT2D eigenvalue weighted by atomic mass is 9.80. The molecule has 0 aromatic heterocycles. The SMILES string of the molecule is CCCCCCCCCCCC(O)(O)C(O)(O)C(O)(O)C(O)(O)C(O)(O)C(O)(O)C(=O)OCCO. The third-order valence-corrected chi connectivity index (χ3v) is 5.74. The quantitative estimate of drug-likeness (QED) is 0.0460. The van der Waals surface area contributed by atoms with Crippen LogP contribution in [-0.4, -0.2) is 120 Å². The fourth-order valence-corrected chi connectivity index (χ4v) is 3.25. The first-order valence-electron chi connectivity index (χ1n) is 11.3. The van der Waals surface area contributed by atoms with Crippen molar-refractivity contribution in [2.45, 2.75) is 106 Å². The molecule has 0 aromatic rings. The number of unbranched alkanes of at least 4 members (excludes halogenated alkanes) is 8. The van der Waals surface area contributed by atoms with Gasteiger partial charge in [0.15, 0.2) is 0 Å². The molecule has 0 saturated carbocycles. The summed E-state index contributed by atoms with van der Waals surface area (Å²) in [5.41, 5.74) is 0. The number of hydrogen-bond acceptors (Lipinski definition) is 15. The maximum absolute atomic E-state index is 11.6. The van der Waals surface area contributed by atoms with Crippen LogP contribution in [0.25, 0.3) is 0 Å². The van der Waals surface area contributed by atoms with Gasteiger partial charge in [0.05, 0.1) is 6.61 Å². The first-order valence-corrected chi connectivity index (χ1v) is 11.3. The van der Waals surface area contributed by atoms with Crippen molar-refractivity contribution >= 4 is 5.97 Å². The third kappa shape index (κ3) is 7.26. The number of ether oxygens (including phenoxy) is 1. The summed E-state index contributed by atoms with van der Waals surface area (Å²) in [4.78, 5) is 11.6. The second-order valence-corrected chi connectivity index (χ2v) is 8.62. The van der Waals surface area contributed by atoms with Crippen LogP contribution in [0.3, 0.4) is 0 Å². The molecule has 0 aliphatic heterocycles. The van der Waals surface area contributed by atoms with Gasteiger partial charge in [-0.3, -0.25) is 0 Å². The van der Waals surface area contributed by atoms with Crippen LogP contribution in [0.2, 0.25) is 0 Å². The van der Waals surface area contributed by atoms with E-state index in [4.69, 9.17) is 5.11 Å². The number of esters is 1. The van der Waals surface area contributed by atoms with Crippen LogP contribution in [0.15, 0.2) is 0 Å². The van der Waals surface area contributed by atoms with Crippen molar-refractivity contribution in [3.8, 4) is 0 Å². The first kappa shape index (κ1) is 34.0. The van der Waals surface area contributed by atoms with E-state index in [-0.39, 0.29) is 6.42 Å². The van der Waals surface area contributed by atoms with Crippen LogP contribution in [-0.2, 0) is 9.53 Å². The Labute approximate surface area is 201 Å². The predicted octanol–water partition coefficient (Wildman–Crippen LogP) is -4.47. The normalized spacial score (nSPS) is 14.3. The summed E-state index contributed by atoms with van der Waals surface area (Å²) in [5.74, 6) is -31.6. The molecular formula is C20H40O15. The maximum atomic E-state index is 11.6. The number of carbonyl (C=O) groups excluding carboxylic acids is 1. The van der Waals surface area contributed by atoms with E-state index < -0.39 is 60.3 Å². The van der Waals surface area contributed by atoms with Crippen molar-refractivity contribution < 1.29 is 75.9 Å². The van der Waals surface area contributed by atoms with Gasteiger partial charge in [0.2, 0.25) is 5.79 Å². The molecule has 0 amide bonds. The van der Waals surface area contributed by atoms with Crippen LogP contribution < -0.4 is 0 Å². The summed E-state index contributed by atoms with van der Waals surface area (Å²) in [6, 6.07) is 0. The molecule has 0 heterocycles. The van der Waals surface area contributed by atoms with E-state index in [0.717, 1.165) is 38.5 Å². The largest absolute Gasteiger partial charge is 0.459 e. The molecule has 0 saturated heterocycles. The second kappa shape index (κ2) is 13.0. The molecule has 35 heavy (non-hydrogen) atoms. The van der Waals surface area contributed by atoms with Crippen LogP contribution >= 0.6 is 0 Å². The molecule has 0 fully saturated rings. The average Bonchev–Trinajstić information content (AvgIpc) is 2.75. The Morgan fingerprint density at radius 2 is 1.00 bits per heavy atom. The summed E-state index contributed by atoms with van der Waals surface area (Å²) < 4.78 is 4.00. The van der Waals surface area contributed by atoms with E-state index in [0.29, 0.717) is 12.8 Å². The smallest absolute Gasteiger partial charge is 0.372 e. The second-order valence-electron chi connectivity index (χ2n) is 8.62. The van der Waals surface area contributed by atoms with Crippen LogP contribution in [0, 0.1) is 0 Å². The molecule has 0 aliphatic rings. The minimum Gasteiger partial charge on any atom is -0.459 e. The van der Waals surface area contributed by atoms with Crippen molar-refractivity contribution in [2.75, 3.05) is 13.2 Å². The molecule has 0 radical (unpaired) electrons. The lowest BCUT2D eigenvalue weighted by molar-refractivity contribution is -0.557. The van der Waals surface area contributed by atoms with Crippen molar-refractivity contribution in [2.24, 2.45) is 0 Å². The summed E-state index contributed by atoms with van der Waals surface area (Å²) in [6.45, 7) is 0.220. The Hall–Kier alpha value is -1.05. The Morgan fingerprint density at radius 1 is 0.600 bits per heavy atom. The molecular weight excluding hydrogens is 480 g/mol. The van der Waals surface area contributed by atoms with Gasteiger partial charge in [-0.15, -0.1) is 0 Å². The average molecular weight is 521 g/mol. The highest BCUT2D eigenvalue weighted by atomic mass is 16.7. The van der Waals surface area contributed by atoms with E-state index in [2.05, 4.69) is 11.7 Å². The Bertz CT molecular complexity index is 642. The number of carbonyl (C=O) groups is 1. The monoisotopic (exact) mass is 520 g/mol. The standard InChI is InChI=1S/C20H40O15/c1-2-3-4-5-6-7-8-9-10-11-15(23,24)17(27,28)19(31,32)20(33,34)18(29,30)16(25,26)14(22)35-13-12-21/h21,23-34H,2-13H2,1H3. The number of rotatable bonds is 18. The Morgan fingerprint density at radius 3 is 1.43 bits per heavy atom. The number of aliphatic hydroxyl groups excluding tert-OH is 1. The van der Waals surface area contributed by atoms with Gasteiger partial charge in [-0.25, -0.2) is 4.79 Å². The van der Waals surface area contributed by atoms with E-state index in [9.17, 15) is 66.1 Å². The summed E-state index contributed by atoms with van der Waals surface area (Å²) in [5, 5.41) is 128. The zero-order valence-corrected chi connectivity index (χ0v) is 19.6. The van der Waals surface area contributed by atoms with Gasteiger partial charge in [-0.2, -0.15) is 0 Å². The molecule has 0 unspecified atom stereocenters. The van der Waals surface area contributed by atoms with Gasteiger partial charge < -0.3 is 71.1 Å². The van der Waals surface area contributed by atoms with E-state index in [1.54, 1.807) is 0 Å². The summed E-state index contributed by atoms with van der Waals surface area (Å²) >= 11 is 0. The fraction of sp³-hybridized carbons (Fsp3) is 0.950. The molecule has 0 atom stereocenters. The predicted molar refractivity (Wildman–Crippen MR) is 113 cm³/mol. The lowest BCUT2D eigenvalue weighted by Crippen LogP contribution is -2.85. The zero-order valence-electron chi connectivity index (χ0n) is 19.6. The zero-order chi connectivity index (χ0) is 27.8. The molecule has 0 aromatic carbocycles. The van der Waals surface area contributed by atoms with E-state index in [1.807, 2.05) is 0 Å². The van der Waals surface area contributed by atoms with Gasteiger partial charge >= 0.3 is 11.8 Å². The Kier molecular flexibility index (Phi) is 12.6. The Balaban J connectivity index is 5.46. The molecule has 0 rings (SSSR count). The molecule has 0 bridgehead atoms. The molecule has 13 N–H and O–H groups in total. The van der Waals surface area contributed by atoms with Gasteiger partial charge in [0.1, 0.15) is 6.61 Å². The fourth-order valence-electron chi connectivity index (χ4n) is 3.25. The van der Waals surface area contributed by atoms with Gasteiger partial charge in [0, 0.05) is 6.42 Å². The summed E-state index contributed by atoms with van der Waals surface area (Å²) in [6.07, 6.45) is 5.75. The highest BCUT2D eigenvalue weighted by Gasteiger charge is 2.80. The maximum Gasteiger partial charge on any atom is 0.372 e. The van der Waals surface area contributed by atoms with Crippen molar-refractivity contribution in [3.63, 3.8) is 0 Å². The van der Waals surface area contributed by atoms with Crippen LogP contribution in [0.4, 0.5) is 0 Å². The number of aliphatic hydroxyl groups is 13. The third-order valence-electron chi connectivity index (χ3n) is 5.74. The topological polar surface area (TPSA) is 289 Å². The molecule has 15 nitrogen and oxygen atoms in total. The highest BCUT2D eigenvalue weighted by Crippen LogP contribution is 2.43. The molecule has 0 aliphatic carbocycles. The van der Waals surface area contributed by atoms with Crippen molar-refractivity contribution in [1.29, 1.82) is 0 Å². The molecule has 15 heteroatoms. The van der Waals surface area contributed by atoms with Crippen molar-refractivity contribution in [1.82, 2.24) is 0 Å². The molecule has 0 spiro atoms. The van der Waals surface area contributed by atoms with Gasteiger partial charge in [-0.1, -0.05) is 58.3 Å². The minimum absolute atomic E-state index is 0.147. The summed E-state index contributed by atoms with van der Waals surface area (Å²) in [7, 11) is 0. The van der Waals surface area contributed by atoms with E-state index in [1.165, 1.54) is 0 Å². The van der Waals surface area contributed by atoms with Gasteiger partial charge in [0.25, 0.3) is 23.1 Å². The minimum atomic E-state index is -5.28. The van der Waals surface area contributed by atoms with Crippen molar-refractivity contribution in [3.05, 3.63) is 0 Å². The van der Waals surface area contributed by atoms with Crippen LogP contribution in [0.5, 0.6) is 0 Å². The van der Waals surface area contributed by atoms with Crippen LogP contribution in [0.1, 0.15) is 71.1 Å². The van der Waals surface area contributed by atoms with E-state index >= 15 is 0 Å². The first-order chi connectivity index (χ1) is 15.8. The highest BCUT2D eigenvalue weighted by molar-refractivity contribution is 5.78.